The first-order valence-corrected chi connectivity index (χ1v) is 8.08. The number of rotatable bonds is 4. The van der Waals surface area contributed by atoms with Crippen molar-refractivity contribution in [3.63, 3.8) is 0 Å². The molecule has 0 unspecified atom stereocenters. The summed E-state index contributed by atoms with van der Waals surface area (Å²) in [5.41, 5.74) is 2.40. The molecule has 2 N–H and O–H groups in total. The van der Waals surface area contributed by atoms with E-state index in [0.29, 0.717) is 23.9 Å². The Labute approximate surface area is 143 Å². The predicted octanol–water partition coefficient (Wildman–Crippen LogP) is 3.25. The lowest BCUT2D eigenvalue weighted by atomic mass is 10.1. The van der Waals surface area contributed by atoms with E-state index in [2.05, 4.69) is 10.3 Å². The normalized spacial score (nSPS) is 11.0. The van der Waals surface area contributed by atoms with Gasteiger partial charge in [0.25, 0.3) is 5.91 Å². The molecule has 0 bridgehead atoms. The number of aromatic nitrogens is 1. The molecule has 0 spiro atoms. The quantitative estimate of drug-likeness (QED) is 0.602. The van der Waals surface area contributed by atoms with Gasteiger partial charge in [0.15, 0.2) is 11.2 Å². The van der Waals surface area contributed by atoms with Gasteiger partial charge in [-0.3, -0.25) is 9.59 Å². The Kier molecular flexibility index (Phi) is 3.82. The van der Waals surface area contributed by atoms with Crippen molar-refractivity contribution < 1.29 is 9.21 Å². The highest BCUT2D eigenvalue weighted by atomic mass is 16.3. The van der Waals surface area contributed by atoms with Crippen LogP contribution in [0.4, 0.5) is 0 Å². The molecule has 4 aromatic rings. The van der Waals surface area contributed by atoms with Crippen LogP contribution in [0.2, 0.25) is 0 Å². The number of carbonyl (C=O) groups is 1. The Morgan fingerprint density at radius 1 is 1.04 bits per heavy atom. The number of amides is 1. The summed E-state index contributed by atoms with van der Waals surface area (Å²) in [5.74, 6) is -0.356. The van der Waals surface area contributed by atoms with Crippen molar-refractivity contribution in [1.82, 2.24) is 10.3 Å². The molecular formula is C20H16N2O3. The van der Waals surface area contributed by atoms with Gasteiger partial charge >= 0.3 is 0 Å². The largest absolute Gasteiger partial charge is 0.451 e. The number of hydrogen-bond donors (Lipinski definition) is 2. The third-order valence-electron chi connectivity index (χ3n) is 4.21. The maximum absolute atomic E-state index is 12.3. The minimum atomic E-state index is -0.386. The van der Waals surface area contributed by atoms with Gasteiger partial charge in [-0.15, -0.1) is 0 Å². The van der Waals surface area contributed by atoms with Gasteiger partial charge in [-0.05, 0) is 30.2 Å². The molecule has 0 saturated carbocycles. The Bertz CT molecular complexity index is 1120. The molecule has 2 aromatic carbocycles. The third-order valence-corrected chi connectivity index (χ3v) is 4.21. The molecule has 25 heavy (non-hydrogen) atoms. The fourth-order valence-corrected chi connectivity index (χ4v) is 2.95. The van der Waals surface area contributed by atoms with E-state index in [-0.39, 0.29) is 17.1 Å². The maximum atomic E-state index is 12.3. The highest BCUT2D eigenvalue weighted by molar-refractivity contribution is 5.93. The van der Waals surface area contributed by atoms with Crippen LogP contribution in [0.25, 0.3) is 21.9 Å². The molecule has 0 aliphatic carbocycles. The third kappa shape index (κ3) is 2.92. The van der Waals surface area contributed by atoms with Gasteiger partial charge in [-0.25, -0.2) is 0 Å². The summed E-state index contributed by atoms with van der Waals surface area (Å²) in [5, 5.41) is 4.43. The van der Waals surface area contributed by atoms with Crippen molar-refractivity contribution in [2.24, 2.45) is 0 Å². The van der Waals surface area contributed by atoms with Gasteiger partial charge in [-0.2, -0.15) is 0 Å². The molecule has 1 amide bonds. The molecule has 5 heteroatoms. The second-order valence-electron chi connectivity index (χ2n) is 5.84. The predicted molar refractivity (Wildman–Crippen MR) is 96.8 cm³/mol. The van der Waals surface area contributed by atoms with E-state index in [9.17, 15) is 9.59 Å². The van der Waals surface area contributed by atoms with E-state index in [0.717, 1.165) is 16.5 Å². The summed E-state index contributed by atoms with van der Waals surface area (Å²) >= 11 is 0. The zero-order valence-corrected chi connectivity index (χ0v) is 13.4. The average molecular weight is 332 g/mol. The average Bonchev–Trinajstić information content (AvgIpc) is 3.05. The van der Waals surface area contributed by atoms with Crippen molar-refractivity contribution in [3.05, 3.63) is 82.3 Å². The Balaban J connectivity index is 1.48. The van der Waals surface area contributed by atoms with Crippen LogP contribution < -0.4 is 10.7 Å². The first kappa shape index (κ1) is 15.2. The smallest absolute Gasteiger partial charge is 0.287 e. The second kappa shape index (κ2) is 6.28. The molecule has 2 heterocycles. The minimum absolute atomic E-state index is 0.0302. The van der Waals surface area contributed by atoms with E-state index in [1.54, 1.807) is 24.3 Å². The lowest BCUT2D eigenvalue weighted by Crippen LogP contribution is -2.26. The van der Waals surface area contributed by atoms with Crippen molar-refractivity contribution in [2.45, 2.75) is 6.42 Å². The van der Waals surface area contributed by atoms with Crippen LogP contribution in [-0.2, 0) is 6.42 Å². The van der Waals surface area contributed by atoms with E-state index in [1.807, 2.05) is 30.5 Å². The Hall–Kier alpha value is -3.34. The lowest BCUT2D eigenvalue weighted by molar-refractivity contribution is 0.0927. The summed E-state index contributed by atoms with van der Waals surface area (Å²) in [4.78, 5) is 27.6. The standard InChI is InChI=1S/C20H16N2O3/c23-17-11-19(25-18-8-4-2-6-15(17)18)20(24)21-10-9-13-12-22-16-7-3-1-5-14(13)16/h1-8,11-12,22H,9-10H2,(H,21,24). The first-order valence-electron chi connectivity index (χ1n) is 8.08. The van der Waals surface area contributed by atoms with E-state index in [1.165, 1.54) is 6.07 Å². The highest BCUT2D eigenvalue weighted by Gasteiger charge is 2.12. The molecule has 5 nitrogen and oxygen atoms in total. The van der Waals surface area contributed by atoms with Crippen LogP contribution in [-0.4, -0.2) is 17.4 Å². The lowest BCUT2D eigenvalue weighted by Gasteiger charge is -2.05. The van der Waals surface area contributed by atoms with Gasteiger partial charge in [0.2, 0.25) is 0 Å². The van der Waals surface area contributed by atoms with Crippen LogP contribution in [0.5, 0.6) is 0 Å². The van der Waals surface area contributed by atoms with Crippen LogP contribution in [0, 0.1) is 0 Å². The number of fused-ring (bicyclic) bond motifs is 2. The summed E-state index contributed by atoms with van der Waals surface area (Å²) in [6, 6.07) is 16.2. The Morgan fingerprint density at radius 3 is 2.68 bits per heavy atom. The van der Waals surface area contributed by atoms with Gasteiger partial charge in [0.05, 0.1) is 5.39 Å². The van der Waals surface area contributed by atoms with Gasteiger partial charge < -0.3 is 14.7 Å². The molecule has 2 aromatic heterocycles. The van der Waals surface area contributed by atoms with E-state index >= 15 is 0 Å². The maximum Gasteiger partial charge on any atom is 0.287 e. The number of hydrogen-bond acceptors (Lipinski definition) is 3. The SMILES string of the molecule is O=C(NCCc1c[nH]c2ccccc12)c1cc(=O)c2ccccc2o1. The van der Waals surface area contributed by atoms with Crippen molar-refractivity contribution in [2.75, 3.05) is 6.54 Å². The Morgan fingerprint density at radius 2 is 1.80 bits per heavy atom. The molecule has 124 valence electrons. The number of para-hydroxylation sites is 2. The molecule has 0 saturated heterocycles. The minimum Gasteiger partial charge on any atom is -0.451 e. The summed E-state index contributed by atoms with van der Waals surface area (Å²) in [6.45, 7) is 0.456. The first-order chi connectivity index (χ1) is 12.2. The fraction of sp³-hybridized carbons (Fsp3) is 0.100. The number of carbonyl (C=O) groups excluding carboxylic acids is 1. The topological polar surface area (TPSA) is 75.1 Å². The molecule has 0 atom stereocenters. The van der Waals surface area contributed by atoms with Crippen LogP contribution in [0.15, 0.2) is 70.0 Å². The number of nitrogens with one attached hydrogen (secondary N) is 2. The van der Waals surface area contributed by atoms with Gasteiger partial charge in [0.1, 0.15) is 5.58 Å². The molecular weight excluding hydrogens is 316 g/mol. The van der Waals surface area contributed by atoms with Crippen LogP contribution in [0.1, 0.15) is 16.1 Å². The zero-order chi connectivity index (χ0) is 17.2. The van der Waals surface area contributed by atoms with Crippen molar-refractivity contribution in [3.8, 4) is 0 Å². The zero-order valence-electron chi connectivity index (χ0n) is 13.4. The van der Waals surface area contributed by atoms with E-state index in [4.69, 9.17) is 4.42 Å². The number of aromatic amines is 1. The monoisotopic (exact) mass is 332 g/mol. The van der Waals surface area contributed by atoms with Crippen molar-refractivity contribution in [1.29, 1.82) is 0 Å². The number of H-pyrrole nitrogens is 1. The number of benzene rings is 2. The summed E-state index contributed by atoms with van der Waals surface area (Å²) in [6.07, 6.45) is 2.64. The molecule has 0 aliphatic rings. The van der Waals surface area contributed by atoms with Gasteiger partial charge in [-0.1, -0.05) is 30.3 Å². The van der Waals surface area contributed by atoms with Crippen molar-refractivity contribution >= 4 is 27.8 Å². The van der Waals surface area contributed by atoms with Crippen LogP contribution in [0.3, 0.4) is 0 Å². The molecule has 0 radical (unpaired) electrons. The van der Waals surface area contributed by atoms with E-state index < -0.39 is 0 Å². The van der Waals surface area contributed by atoms with Gasteiger partial charge in [0, 0.05) is 29.7 Å². The molecule has 4 rings (SSSR count). The van der Waals surface area contributed by atoms with Crippen LogP contribution >= 0.6 is 0 Å². The fourth-order valence-electron chi connectivity index (χ4n) is 2.95. The second-order valence-corrected chi connectivity index (χ2v) is 5.84. The summed E-state index contributed by atoms with van der Waals surface area (Å²) in [7, 11) is 0. The highest BCUT2D eigenvalue weighted by Crippen LogP contribution is 2.17. The summed E-state index contributed by atoms with van der Waals surface area (Å²) < 4.78 is 5.54. The molecule has 0 aliphatic heterocycles. The molecule has 0 fully saturated rings.